The Morgan fingerprint density at radius 3 is 2.74 bits per heavy atom. The Morgan fingerprint density at radius 1 is 1.07 bits per heavy atom. The molecule has 0 saturated heterocycles. The van der Waals surface area contributed by atoms with Gasteiger partial charge in [-0.3, -0.25) is 0 Å². The van der Waals surface area contributed by atoms with Gasteiger partial charge >= 0.3 is 0 Å². The minimum atomic E-state index is 0.535. The van der Waals surface area contributed by atoms with Gasteiger partial charge in [0.15, 0.2) is 0 Å². The summed E-state index contributed by atoms with van der Waals surface area (Å²) in [7, 11) is 1.66. The Balaban J connectivity index is 1.42. The van der Waals surface area contributed by atoms with Crippen molar-refractivity contribution in [1.29, 1.82) is 0 Å². The molecule has 0 radical (unpaired) electrons. The van der Waals surface area contributed by atoms with Gasteiger partial charge in [-0.05, 0) is 31.2 Å². The SMILES string of the molecule is COc1cccc(-c2nc(CSc3nnc(-c4ccc(C)cc4)o3)cs2)c1. The van der Waals surface area contributed by atoms with Crippen molar-refractivity contribution < 1.29 is 9.15 Å². The van der Waals surface area contributed by atoms with Crippen LogP contribution in [0.3, 0.4) is 0 Å². The Morgan fingerprint density at radius 2 is 1.93 bits per heavy atom. The van der Waals surface area contributed by atoms with Crippen LogP contribution in [0.1, 0.15) is 11.3 Å². The van der Waals surface area contributed by atoms with Gasteiger partial charge in [-0.1, -0.05) is 41.6 Å². The fourth-order valence-electron chi connectivity index (χ4n) is 2.48. The second-order valence-electron chi connectivity index (χ2n) is 5.90. The molecule has 0 aliphatic rings. The Bertz CT molecular complexity index is 1040. The van der Waals surface area contributed by atoms with Crippen molar-refractivity contribution in [3.05, 3.63) is 65.2 Å². The lowest BCUT2D eigenvalue weighted by Gasteiger charge is -2.01. The van der Waals surface area contributed by atoms with Crippen LogP contribution in [0.4, 0.5) is 0 Å². The molecule has 7 heteroatoms. The molecule has 0 bridgehead atoms. The zero-order valence-electron chi connectivity index (χ0n) is 14.9. The quantitative estimate of drug-likeness (QED) is 0.404. The molecule has 4 rings (SSSR count). The van der Waals surface area contributed by atoms with Gasteiger partial charge in [0.1, 0.15) is 10.8 Å². The van der Waals surface area contributed by atoms with Crippen molar-refractivity contribution >= 4 is 23.1 Å². The van der Waals surface area contributed by atoms with Crippen molar-refractivity contribution in [2.75, 3.05) is 7.11 Å². The number of nitrogens with zero attached hydrogens (tertiary/aromatic N) is 3. The summed E-state index contributed by atoms with van der Waals surface area (Å²) in [5.41, 5.74) is 4.16. The molecule has 0 aliphatic carbocycles. The predicted molar refractivity (Wildman–Crippen MR) is 108 cm³/mol. The maximum atomic E-state index is 5.75. The number of ether oxygens (including phenoxy) is 1. The number of thioether (sulfide) groups is 1. The van der Waals surface area contributed by atoms with E-state index in [1.165, 1.54) is 17.3 Å². The predicted octanol–water partition coefficient (Wildman–Crippen LogP) is 5.47. The van der Waals surface area contributed by atoms with E-state index in [0.29, 0.717) is 16.9 Å². The molecule has 0 amide bonds. The van der Waals surface area contributed by atoms with Crippen LogP contribution in [0.5, 0.6) is 5.75 Å². The van der Waals surface area contributed by atoms with Crippen LogP contribution in [-0.4, -0.2) is 22.3 Å². The van der Waals surface area contributed by atoms with Gasteiger partial charge in [-0.2, -0.15) is 0 Å². The van der Waals surface area contributed by atoms with Crippen molar-refractivity contribution in [1.82, 2.24) is 15.2 Å². The highest BCUT2D eigenvalue weighted by molar-refractivity contribution is 7.98. The first-order valence-electron chi connectivity index (χ1n) is 8.33. The molecule has 2 heterocycles. The molecule has 0 spiro atoms. The molecule has 2 aromatic carbocycles. The number of aryl methyl sites for hydroxylation is 1. The van der Waals surface area contributed by atoms with E-state index >= 15 is 0 Å². The minimum absolute atomic E-state index is 0.535. The first-order valence-corrected chi connectivity index (χ1v) is 10.2. The summed E-state index contributed by atoms with van der Waals surface area (Å²) in [5, 5.41) is 11.8. The summed E-state index contributed by atoms with van der Waals surface area (Å²) in [4.78, 5) is 4.70. The van der Waals surface area contributed by atoms with Crippen LogP contribution in [-0.2, 0) is 5.75 Å². The fourth-order valence-corrected chi connectivity index (χ4v) is 4.06. The van der Waals surface area contributed by atoms with E-state index in [4.69, 9.17) is 14.1 Å². The van der Waals surface area contributed by atoms with E-state index in [2.05, 4.69) is 15.6 Å². The Kier molecular flexibility index (Phi) is 5.22. The van der Waals surface area contributed by atoms with Crippen LogP contribution in [0, 0.1) is 6.92 Å². The van der Waals surface area contributed by atoms with E-state index < -0.39 is 0 Å². The zero-order valence-corrected chi connectivity index (χ0v) is 16.5. The topological polar surface area (TPSA) is 61.0 Å². The minimum Gasteiger partial charge on any atom is -0.497 e. The highest BCUT2D eigenvalue weighted by atomic mass is 32.2. The molecule has 0 saturated carbocycles. The number of methoxy groups -OCH3 is 1. The highest BCUT2D eigenvalue weighted by Gasteiger charge is 2.11. The Labute approximate surface area is 165 Å². The van der Waals surface area contributed by atoms with Crippen LogP contribution in [0.25, 0.3) is 22.0 Å². The third kappa shape index (κ3) is 4.20. The molecule has 5 nitrogen and oxygen atoms in total. The average Bonchev–Trinajstić information content (AvgIpc) is 3.37. The Hall–Kier alpha value is -2.64. The smallest absolute Gasteiger partial charge is 0.277 e. The largest absolute Gasteiger partial charge is 0.497 e. The van der Waals surface area contributed by atoms with Gasteiger partial charge in [-0.15, -0.1) is 21.5 Å². The van der Waals surface area contributed by atoms with Gasteiger partial charge in [0, 0.05) is 22.3 Å². The van der Waals surface area contributed by atoms with E-state index in [9.17, 15) is 0 Å². The van der Waals surface area contributed by atoms with E-state index in [-0.39, 0.29) is 0 Å². The monoisotopic (exact) mass is 395 g/mol. The number of hydrogen-bond acceptors (Lipinski definition) is 7. The lowest BCUT2D eigenvalue weighted by atomic mass is 10.1. The maximum absolute atomic E-state index is 5.75. The zero-order chi connectivity index (χ0) is 18.6. The summed E-state index contributed by atoms with van der Waals surface area (Å²) in [6.45, 7) is 2.05. The third-order valence-electron chi connectivity index (χ3n) is 3.92. The van der Waals surface area contributed by atoms with Gasteiger partial charge in [0.05, 0.1) is 12.8 Å². The molecule has 0 atom stereocenters. The van der Waals surface area contributed by atoms with Crippen molar-refractivity contribution in [3.8, 4) is 27.8 Å². The van der Waals surface area contributed by atoms with Gasteiger partial charge in [-0.25, -0.2) is 4.98 Å². The van der Waals surface area contributed by atoms with Gasteiger partial charge in [0.25, 0.3) is 5.22 Å². The first-order chi connectivity index (χ1) is 13.2. The molecular weight excluding hydrogens is 378 g/mol. The van der Waals surface area contributed by atoms with Crippen LogP contribution >= 0.6 is 23.1 Å². The molecule has 0 unspecified atom stereocenters. The average molecular weight is 396 g/mol. The number of aromatic nitrogens is 3. The van der Waals surface area contributed by atoms with Crippen LogP contribution in [0.2, 0.25) is 0 Å². The second kappa shape index (κ2) is 7.94. The molecule has 0 aliphatic heterocycles. The lowest BCUT2D eigenvalue weighted by molar-refractivity contribution is 0.415. The molecule has 4 aromatic rings. The van der Waals surface area contributed by atoms with E-state index in [1.807, 2.05) is 55.5 Å². The third-order valence-corrected chi connectivity index (χ3v) is 5.71. The summed E-state index contributed by atoms with van der Waals surface area (Å²) < 4.78 is 11.0. The second-order valence-corrected chi connectivity index (χ2v) is 7.69. The number of thiazole rings is 1. The van der Waals surface area contributed by atoms with E-state index in [0.717, 1.165) is 27.6 Å². The molecule has 27 heavy (non-hydrogen) atoms. The first kappa shape index (κ1) is 17.8. The van der Waals surface area contributed by atoms with Crippen molar-refractivity contribution in [3.63, 3.8) is 0 Å². The summed E-state index contributed by atoms with van der Waals surface area (Å²) in [6, 6.07) is 15.9. The van der Waals surface area contributed by atoms with Gasteiger partial charge < -0.3 is 9.15 Å². The normalized spacial score (nSPS) is 10.9. The number of rotatable bonds is 6. The highest BCUT2D eigenvalue weighted by Crippen LogP contribution is 2.30. The number of benzene rings is 2. The fraction of sp³-hybridized carbons (Fsp3) is 0.150. The lowest BCUT2D eigenvalue weighted by Crippen LogP contribution is -1.85. The van der Waals surface area contributed by atoms with Crippen LogP contribution < -0.4 is 4.74 Å². The molecular formula is C20H17N3O2S2. The molecule has 136 valence electrons. The van der Waals surface area contributed by atoms with Crippen molar-refractivity contribution in [2.45, 2.75) is 17.9 Å². The van der Waals surface area contributed by atoms with Gasteiger partial charge in [0.2, 0.25) is 5.89 Å². The van der Waals surface area contributed by atoms with Crippen molar-refractivity contribution in [2.24, 2.45) is 0 Å². The molecule has 0 fully saturated rings. The molecule has 2 aromatic heterocycles. The van der Waals surface area contributed by atoms with E-state index in [1.54, 1.807) is 18.4 Å². The summed E-state index contributed by atoms with van der Waals surface area (Å²) >= 11 is 3.10. The summed E-state index contributed by atoms with van der Waals surface area (Å²) in [6.07, 6.45) is 0. The van der Waals surface area contributed by atoms with Crippen LogP contribution in [0.15, 0.2) is 63.6 Å². The summed E-state index contributed by atoms with van der Waals surface area (Å²) in [5.74, 6) is 2.04. The number of hydrogen-bond donors (Lipinski definition) is 0. The maximum Gasteiger partial charge on any atom is 0.277 e. The molecule has 0 N–H and O–H groups in total. The standard InChI is InChI=1S/C20H17N3O2S2/c1-13-6-8-14(9-7-13)18-22-23-20(25-18)27-12-16-11-26-19(21-16)15-4-3-5-17(10-15)24-2/h3-11H,12H2,1-2H3.